The second-order valence-electron chi connectivity index (χ2n) is 7.83. The van der Waals surface area contributed by atoms with Crippen molar-refractivity contribution < 1.29 is 30.8 Å². The Hall–Kier alpha value is -3.12. The Labute approximate surface area is 186 Å². The molecular formula is C21H20F3N3O5S. The lowest BCUT2D eigenvalue weighted by Crippen LogP contribution is -2.43. The number of fused-ring (bicyclic) bond motifs is 1. The molecule has 0 spiro atoms. The molecule has 1 aliphatic rings. The van der Waals surface area contributed by atoms with Gasteiger partial charge in [0.05, 0.1) is 21.9 Å². The number of nitrogens with zero attached hydrogens (tertiary/aromatic N) is 2. The fourth-order valence-corrected chi connectivity index (χ4v) is 5.36. The van der Waals surface area contributed by atoms with Crippen molar-refractivity contribution in [1.82, 2.24) is 8.87 Å². The number of hydrogen-bond acceptors (Lipinski definition) is 5. The second kappa shape index (κ2) is 8.34. The number of carbonyl (C=O) groups is 1. The standard InChI is InChI=1S/C21H20F3N3O5S/c1-26-17-8-7-16(11-18(17)32-20(26)29)33(30,31)27-9-3-4-13(12-27)19(28)25-15-6-2-5-14(10-15)21(22,23)24/h2,5-8,10-11,13H,3-4,9,12H2,1H3,(H,25,28). The number of rotatable bonds is 4. The average Bonchev–Trinajstić information content (AvgIpc) is 3.06. The Balaban J connectivity index is 1.52. The van der Waals surface area contributed by atoms with Gasteiger partial charge in [0.1, 0.15) is 0 Å². The number of alkyl halides is 3. The van der Waals surface area contributed by atoms with Crippen molar-refractivity contribution in [2.45, 2.75) is 23.9 Å². The van der Waals surface area contributed by atoms with Gasteiger partial charge in [0, 0.05) is 31.9 Å². The van der Waals surface area contributed by atoms with E-state index in [2.05, 4.69) is 5.32 Å². The molecule has 12 heteroatoms. The molecule has 0 aliphatic carbocycles. The van der Waals surface area contributed by atoms with Crippen LogP contribution in [0.2, 0.25) is 0 Å². The molecule has 1 saturated heterocycles. The Morgan fingerprint density at radius 1 is 1.18 bits per heavy atom. The van der Waals surface area contributed by atoms with E-state index in [0.29, 0.717) is 18.4 Å². The van der Waals surface area contributed by atoms with Crippen molar-refractivity contribution in [3.63, 3.8) is 0 Å². The van der Waals surface area contributed by atoms with E-state index in [9.17, 15) is 31.2 Å². The number of piperidine rings is 1. The van der Waals surface area contributed by atoms with Crippen molar-refractivity contribution >= 4 is 32.7 Å². The summed E-state index contributed by atoms with van der Waals surface area (Å²) in [5.74, 6) is -1.91. The van der Waals surface area contributed by atoms with Gasteiger partial charge in [0.25, 0.3) is 0 Å². The van der Waals surface area contributed by atoms with Gasteiger partial charge >= 0.3 is 11.9 Å². The largest absolute Gasteiger partial charge is 0.419 e. The lowest BCUT2D eigenvalue weighted by atomic mass is 9.98. The van der Waals surface area contributed by atoms with Gasteiger partial charge in [-0.25, -0.2) is 13.2 Å². The number of benzene rings is 2. The van der Waals surface area contributed by atoms with E-state index in [-0.39, 0.29) is 29.3 Å². The summed E-state index contributed by atoms with van der Waals surface area (Å²) >= 11 is 0. The van der Waals surface area contributed by atoms with Gasteiger partial charge in [0.2, 0.25) is 15.9 Å². The highest BCUT2D eigenvalue weighted by atomic mass is 32.2. The summed E-state index contributed by atoms with van der Waals surface area (Å²) in [7, 11) is -2.49. The molecule has 33 heavy (non-hydrogen) atoms. The maximum atomic E-state index is 13.1. The van der Waals surface area contributed by atoms with Crippen LogP contribution >= 0.6 is 0 Å². The van der Waals surface area contributed by atoms with E-state index >= 15 is 0 Å². The molecule has 2 heterocycles. The number of nitrogens with one attached hydrogen (secondary N) is 1. The maximum Gasteiger partial charge on any atom is 0.419 e. The van der Waals surface area contributed by atoms with E-state index in [1.807, 2.05) is 0 Å². The molecule has 176 valence electrons. The van der Waals surface area contributed by atoms with Crippen LogP contribution in [-0.2, 0) is 28.0 Å². The number of anilines is 1. The summed E-state index contributed by atoms with van der Waals surface area (Å²) < 4.78 is 72.5. The van der Waals surface area contributed by atoms with Crippen LogP contribution in [0.15, 0.2) is 56.6 Å². The number of aromatic nitrogens is 1. The van der Waals surface area contributed by atoms with E-state index < -0.39 is 39.3 Å². The molecule has 1 atom stereocenters. The lowest BCUT2D eigenvalue weighted by molar-refractivity contribution is -0.137. The third-order valence-electron chi connectivity index (χ3n) is 5.61. The van der Waals surface area contributed by atoms with E-state index in [1.54, 1.807) is 0 Å². The fourth-order valence-electron chi connectivity index (χ4n) is 3.82. The SMILES string of the molecule is Cn1c(=O)oc2cc(S(=O)(=O)N3CCCC(C(=O)Nc4cccc(C(F)(F)F)c4)C3)ccc21. The van der Waals surface area contributed by atoms with Crippen LogP contribution in [-0.4, -0.2) is 36.3 Å². The summed E-state index contributed by atoms with van der Waals surface area (Å²) in [5.41, 5.74) is -0.342. The van der Waals surface area contributed by atoms with Crippen LogP contribution in [0.25, 0.3) is 11.1 Å². The zero-order chi connectivity index (χ0) is 24.0. The summed E-state index contributed by atoms with van der Waals surface area (Å²) in [5, 5.41) is 2.46. The highest BCUT2D eigenvalue weighted by Gasteiger charge is 2.34. The van der Waals surface area contributed by atoms with Gasteiger partial charge in [-0.05, 0) is 43.2 Å². The molecule has 2 aromatic carbocycles. The van der Waals surface area contributed by atoms with E-state index in [0.717, 1.165) is 16.4 Å². The van der Waals surface area contributed by atoms with Gasteiger partial charge < -0.3 is 9.73 Å². The predicted molar refractivity (Wildman–Crippen MR) is 113 cm³/mol. The highest BCUT2D eigenvalue weighted by Crippen LogP contribution is 2.31. The zero-order valence-corrected chi connectivity index (χ0v) is 18.2. The molecule has 8 nitrogen and oxygen atoms in total. The Morgan fingerprint density at radius 2 is 1.94 bits per heavy atom. The first kappa shape index (κ1) is 23.1. The van der Waals surface area contributed by atoms with Crippen molar-refractivity contribution in [2.75, 3.05) is 18.4 Å². The van der Waals surface area contributed by atoms with E-state index in [1.165, 1.54) is 41.9 Å². The first-order valence-corrected chi connectivity index (χ1v) is 11.5. The molecule has 3 aromatic rings. The number of carbonyl (C=O) groups excluding carboxylic acids is 1. The van der Waals surface area contributed by atoms with Gasteiger partial charge in [-0.2, -0.15) is 17.5 Å². The minimum absolute atomic E-state index is 0.0145. The Morgan fingerprint density at radius 3 is 2.67 bits per heavy atom. The van der Waals surface area contributed by atoms with Crippen molar-refractivity contribution in [1.29, 1.82) is 0 Å². The van der Waals surface area contributed by atoms with Crippen LogP contribution in [0.3, 0.4) is 0 Å². The maximum absolute atomic E-state index is 13.1. The molecule has 1 amide bonds. The topological polar surface area (TPSA) is 102 Å². The monoisotopic (exact) mass is 483 g/mol. The first-order chi connectivity index (χ1) is 15.5. The predicted octanol–water partition coefficient (Wildman–Crippen LogP) is 3.19. The van der Waals surface area contributed by atoms with Crippen molar-refractivity contribution in [3.8, 4) is 0 Å². The normalized spacial score (nSPS) is 17.9. The van der Waals surface area contributed by atoms with Gasteiger partial charge in [-0.3, -0.25) is 9.36 Å². The smallest absolute Gasteiger partial charge is 0.408 e. The number of aryl methyl sites for hydroxylation is 1. The quantitative estimate of drug-likeness (QED) is 0.614. The Bertz CT molecular complexity index is 1380. The Kier molecular flexibility index (Phi) is 5.83. The molecular weight excluding hydrogens is 463 g/mol. The molecule has 0 radical (unpaired) electrons. The second-order valence-corrected chi connectivity index (χ2v) is 9.76. The third kappa shape index (κ3) is 4.53. The molecule has 0 saturated carbocycles. The number of oxazole rings is 1. The van der Waals surface area contributed by atoms with Crippen LogP contribution in [0.4, 0.5) is 18.9 Å². The minimum atomic E-state index is -4.55. The fraction of sp³-hybridized carbons (Fsp3) is 0.333. The molecule has 1 unspecified atom stereocenters. The molecule has 1 fully saturated rings. The van der Waals surface area contributed by atoms with E-state index in [4.69, 9.17) is 4.42 Å². The van der Waals surface area contributed by atoms with Crippen LogP contribution in [0.1, 0.15) is 18.4 Å². The van der Waals surface area contributed by atoms with Crippen molar-refractivity contribution in [3.05, 3.63) is 58.6 Å². The number of halogens is 3. The highest BCUT2D eigenvalue weighted by molar-refractivity contribution is 7.89. The van der Waals surface area contributed by atoms with Crippen molar-refractivity contribution in [2.24, 2.45) is 13.0 Å². The first-order valence-electron chi connectivity index (χ1n) is 10.0. The number of hydrogen-bond donors (Lipinski definition) is 1. The molecule has 1 aromatic heterocycles. The summed E-state index contributed by atoms with van der Waals surface area (Å²) in [4.78, 5) is 24.3. The van der Waals surface area contributed by atoms with Crippen LogP contribution in [0.5, 0.6) is 0 Å². The van der Waals surface area contributed by atoms with Crippen LogP contribution in [0, 0.1) is 5.92 Å². The molecule has 1 aliphatic heterocycles. The summed E-state index contributed by atoms with van der Waals surface area (Å²) in [6.45, 7) is 0.0658. The minimum Gasteiger partial charge on any atom is -0.408 e. The molecule has 1 N–H and O–H groups in total. The molecule has 4 rings (SSSR count). The summed E-state index contributed by atoms with van der Waals surface area (Å²) in [6, 6.07) is 8.35. The molecule has 0 bridgehead atoms. The van der Waals surface area contributed by atoms with Gasteiger partial charge in [-0.1, -0.05) is 6.07 Å². The zero-order valence-electron chi connectivity index (χ0n) is 17.4. The van der Waals surface area contributed by atoms with Gasteiger partial charge in [0.15, 0.2) is 5.58 Å². The average molecular weight is 483 g/mol. The lowest BCUT2D eigenvalue weighted by Gasteiger charge is -2.31. The summed E-state index contributed by atoms with van der Waals surface area (Å²) in [6.07, 6.45) is -3.75. The van der Waals surface area contributed by atoms with Gasteiger partial charge in [-0.15, -0.1) is 0 Å². The number of amides is 1. The van der Waals surface area contributed by atoms with Crippen LogP contribution < -0.4 is 11.1 Å². The third-order valence-corrected chi connectivity index (χ3v) is 7.48. The number of sulfonamides is 1.